The van der Waals surface area contributed by atoms with Gasteiger partial charge in [0, 0.05) is 5.75 Å². The lowest BCUT2D eigenvalue weighted by Gasteiger charge is -2.11. The smallest absolute Gasteiger partial charge is 0.0666 e. The predicted molar refractivity (Wildman–Crippen MR) is 51.0 cm³/mol. The highest BCUT2D eigenvalue weighted by Crippen LogP contribution is 2.28. The summed E-state index contributed by atoms with van der Waals surface area (Å²) < 4.78 is 0. The monoisotopic (exact) mass is 174 g/mol. The molecule has 0 aromatic rings. The number of hydrogen-bond donors (Lipinski definition) is 1. The number of aliphatic hydroxyl groups is 1. The second-order valence-electron chi connectivity index (χ2n) is 3.36. The Bertz CT molecular complexity index is 106. The molecular formula is C9H18OS. The van der Waals surface area contributed by atoms with Gasteiger partial charge in [0.15, 0.2) is 0 Å². The Kier molecular flexibility index (Phi) is 4.31. The van der Waals surface area contributed by atoms with Crippen molar-refractivity contribution in [3.05, 3.63) is 0 Å². The standard InChI is InChI=1S/C9H18OS/c1-2-3-4-5-8-6-11-7-9(8)10/h8-10H,2-7H2,1H3. The van der Waals surface area contributed by atoms with E-state index in [2.05, 4.69) is 6.92 Å². The van der Waals surface area contributed by atoms with Crippen LogP contribution in [0.4, 0.5) is 0 Å². The molecule has 2 heteroatoms. The van der Waals surface area contributed by atoms with E-state index in [0.717, 1.165) is 5.75 Å². The third kappa shape index (κ3) is 3.04. The average molecular weight is 174 g/mol. The van der Waals surface area contributed by atoms with E-state index in [4.69, 9.17) is 0 Å². The van der Waals surface area contributed by atoms with Gasteiger partial charge in [-0.05, 0) is 18.1 Å². The Morgan fingerprint density at radius 3 is 2.73 bits per heavy atom. The molecule has 0 radical (unpaired) electrons. The van der Waals surface area contributed by atoms with Crippen molar-refractivity contribution < 1.29 is 5.11 Å². The highest BCUT2D eigenvalue weighted by Gasteiger charge is 2.24. The lowest BCUT2D eigenvalue weighted by Crippen LogP contribution is -2.17. The highest BCUT2D eigenvalue weighted by molar-refractivity contribution is 7.99. The first kappa shape index (κ1) is 9.40. The van der Waals surface area contributed by atoms with Crippen LogP contribution in [0.25, 0.3) is 0 Å². The second-order valence-corrected chi connectivity index (χ2v) is 4.44. The third-order valence-electron chi connectivity index (χ3n) is 2.34. The summed E-state index contributed by atoms with van der Waals surface area (Å²) in [6.07, 6.45) is 5.15. The van der Waals surface area contributed by atoms with Crippen LogP contribution >= 0.6 is 11.8 Å². The van der Waals surface area contributed by atoms with Gasteiger partial charge in [-0.1, -0.05) is 26.2 Å². The Balaban J connectivity index is 2.05. The van der Waals surface area contributed by atoms with Gasteiger partial charge in [-0.3, -0.25) is 0 Å². The van der Waals surface area contributed by atoms with E-state index in [-0.39, 0.29) is 6.10 Å². The zero-order chi connectivity index (χ0) is 8.10. The SMILES string of the molecule is CCCCCC1CSCC1O. The fourth-order valence-electron chi connectivity index (χ4n) is 1.52. The molecule has 1 rings (SSSR count). The number of aliphatic hydroxyl groups excluding tert-OH is 1. The van der Waals surface area contributed by atoms with Gasteiger partial charge in [0.25, 0.3) is 0 Å². The average Bonchev–Trinajstić information content (AvgIpc) is 2.37. The van der Waals surface area contributed by atoms with Gasteiger partial charge in [-0.25, -0.2) is 0 Å². The molecule has 66 valence electrons. The zero-order valence-electron chi connectivity index (χ0n) is 7.25. The number of unbranched alkanes of at least 4 members (excludes halogenated alkanes) is 2. The number of hydrogen-bond acceptors (Lipinski definition) is 2. The first-order chi connectivity index (χ1) is 5.34. The van der Waals surface area contributed by atoms with E-state index in [9.17, 15) is 5.11 Å². The summed E-state index contributed by atoms with van der Waals surface area (Å²) in [5.74, 6) is 2.76. The minimum atomic E-state index is -0.00291. The normalized spacial score (nSPS) is 31.1. The van der Waals surface area contributed by atoms with Crippen LogP contribution in [0.5, 0.6) is 0 Å². The molecule has 2 atom stereocenters. The lowest BCUT2D eigenvalue weighted by molar-refractivity contribution is 0.143. The fraction of sp³-hybridized carbons (Fsp3) is 1.00. The van der Waals surface area contributed by atoms with Crippen molar-refractivity contribution in [2.75, 3.05) is 11.5 Å². The molecule has 1 saturated heterocycles. The zero-order valence-corrected chi connectivity index (χ0v) is 8.07. The van der Waals surface area contributed by atoms with Crippen LogP contribution in [-0.2, 0) is 0 Å². The van der Waals surface area contributed by atoms with Crippen molar-refractivity contribution in [1.82, 2.24) is 0 Å². The van der Waals surface area contributed by atoms with Crippen LogP contribution in [0.3, 0.4) is 0 Å². The Labute approximate surface area is 73.6 Å². The maximum absolute atomic E-state index is 9.47. The molecule has 0 amide bonds. The minimum absolute atomic E-state index is 0.00291. The maximum Gasteiger partial charge on any atom is 0.0666 e. The van der Waals surface area contributed by atoms with Gasteiger partial charge in [0.05, 0.1) is 6.10 Å². The Morgan fingerprint density at radius 2 is 2.18 bits per heavy atom. The van der Waals surface area contributed by atoms with Crippen molar-refractivity contribution in [2.45, 2.75) is 38.7 Å². The molecule has 1 nitrogen and oxygen atoms in total. The Hall–Kier alpha value is 0.310. The van der Waals surface area contributed by atoms with Gasteiger partial charge in [0.1, 0.15) is 0 Å². The molecule has 0 aliphatic carbocycles. The highest BCUT2D eigenvalue weighted by atomic mass is 32.2. The van der Waals surface area contributed by atoms with Gasteiger partial charge >= 0.3 is 0 Å². The molecule has 1 heterocycles. The number of rotatable bonds is 4. The lowest BCUT2D eigenvalue weighted by atomic mass is 9.99. The van der Waals surface area contributed by atoms with E-state index >= 15 is 0 Å². The molecule has 0 bridgehead atoms. The maximum atomic E-state index is 9.47. The van der Waals surface area contributed by atoms with E-state index in [0.29, 0.717) is 5.92 Å². The summed E-state index contributed by atoms with van der Waals surface area (Å²) in [6.45, 7) is 2.22. The summed E-state index contributed by atoms with van der Waals surface area (Å²) >= 11 is 1.90. The molecule has 1 fully saturated rings. The summed E-state index contributed by atoms with van der Waals surface area (Å²) in [4.78, 5) is 0. The summed E-state index contributed by atoms with van der Waals surface area (Å²) in [7, 11) is 0. The van der Waals surface area contributed by atoms with Gasteiger partial charge < -0.3 is 5.11 Å². The molecule has 1 aliphatic heterocycles. The summed E-state index contributed by atoms with van der Waals surface area (Å²) in [6, 6.07) is 0. The molecule has 0 aromatic carbocycles. The molecule has 2 unspecified atom stereocenters. The van der Waals surface area contributed by atoms with Crippen LogP contribution in [-0.4, -0.2) is 22.7 Å². The first-order valence-corrected chi connectivity index (χ1v) is 5.76. The van der Waals surface area contributed by atoms with Gasteiger partial charge in [-0.15, -0.1) is 0 Å². The topological polar surface area (TPSA) is 20.2 Å². The quantitative estimate of drug-likeness (QED) is 0.660. The number of thioether (sulfide) groups is 1. The molecule has 1 aliphatic rings. The van der Waals surface area contributed by atoms with Crippen molar-refractivity contribution in [1.29, 1.82) is 0 Å². The van der Waals surface area contributed by atoms with E-state index in [1.165, 1.54) is 31.4 Å². The molecule has 0 aromatic heterocycles. The van der Waals surface area contributed by atoms with Crippen molar-refractivity contribution >= 4 is 11.8 Å². The second kappa shape index (κ2) is 5.04. The van der Waals surface area contributed by atoms with Crippen LogP contribution in [0.15, 0.2) is 0 Å². The van der Waals surface area contributed by atoms with E-state index in [1.807, 2.05) is 11.8 Å². The van der Waals surface area contributed by atoms with Crippen LogP contribution < -0.4 is 0 Å². The third-order valence-corrected chi connectivity index (χ3v) is 3.58. The molecule has 1 N–H and O–H groups in total. The molecule has 0 spiro atoms. The van der Waals surface area contributed by atoms with E-state index < -0.39 is 0 Å². The van der Waals surface area contributed by atoms with Crippen LogP contribution in [0, 0.1) is 5.92 Å². The van der Waals surface area contributed by atoms with Crippen molar-refractivity contribution in [3.8, 4) is 0 Å². The first-order valence-electron chi connectivity index (χ1n) is 4.60. The predicted octanol–water partition coefficient (Wildman–Crippen LogP) is 2.29. The molecular weight excluding hydrogens is 156 g/mol. The van der Waals surface area contributed by atoms with Crippen molar-refractivity contribution in [2.24, 2.45) is 5.92 Å². The molecule has 0 saturated carbocycles. The van der Waals surface area contributed by atoms with Gasteiger partial charge in [0.2, 0.25) is 0 Å². The molecule has 11 heavy (non-hydrogen) atoms. The van der Waals surface area contributed by atoms with Crippen LogP contribution in [0.1, 0.15) is 32.6 Å². The summed E-state index contributed by atoms with van der Waals surface area (Å²) in [5.41, 5.74) is 0. The minimum Gasteiger partial charge on any atom is -0.392 e. The van der Waals surface area contributed by atoms with Crippen molar-refractivity contribution in [3.63, 3.8) is 0 Å². The summed E-state index contributed by atoms with van der Waals surface area (Å²) in [5, 5.41) is 9.47. The Morgan fingerprint density at radius 1 is 1.36 bits per heavy atom. The van der Waals surface area contributed by atoms with Crippen LogP contribution in [0.2, 0.25) is 0 Å². The fourth-order valence-corrected chi connectivity index (χ4v) is 2.86. The van der Waals surface area contributed by atoms with E-state index in [1.54, 1.807) is 0 Å². The largest absolute Gasteiger partial charge is 0.392 e. The van der Waals surface area contributed by atoms with Gasteiger partial charge in [-0.2, -0.15) is 11.8 Å².